The molecule has 0 spiro atoms. The van der Waals surface area contributed by atoms with E-state index in [1.54, 1.807) is 19.0 Å². The Balaban J connectivity index is -0.000000149. The molecule has 3 nitrogen and oxygen atoms in total. The van der Waals surface area contributed by atoms with Gasteiger partial charge in [-0.25, -0.2) is 0 Å². The highest BCUT2D eigenvalue weighted by molar-refractivity contribution is 14.0. The Bertz CT molecular complexity index is 85.8. The molecule has 0 N–H and O–H groups in total. The molecule has 0 heterocycles. The average molecular weight is 259 g/mol. The van der Waals surface area contributed by atoms with Gasteiger partial charge in [0.2, 0.25) is 5.91 Å². The van der Waals surface area contributed by atoms with Gasteiger partial charge in [-0.2, -0.15) is 0 Å². The molecular weight excluding hydrogens is 245 g/mol. The topological polar surface area (TPSA) is 37.4 Å². The van der Waals surface area contributed by atoms with E-state index in [0.29, 0.717) is 6.42 Å². The lowest BCUT2D eigenvalue weighted by Crippen LogP contribution is -2.19. The fourth-order valence-electron chi connectivity index (χ4n) is 0.316. The molecule has 0 radical (unpaired) electrons. The first kappa shape index (κ1) is 16.5. The first-order chi connectivity index (χ1) is 4.18. The Kier molecular flexibility index (Phi) is 19.2. The molecule has 4 heteroatoms. The third-order valence-electron chi connectivity index (χ3n) is 0.801. The van der Waals surface area contributed by atoms with Crippen LogP contribution in [-0.4, -0.2) is 31.7 Å². The minimum absolute atomic E-state index is 0. The molecule has 0 fully saturated rings. The second kappa shape index (κ2) is 11.6. The van der Waals surface area contributed by atoms with Crippen molar-refractivity contribution in [1.29, 1.82) is 0 Å². The number of rotatable bonds is 1. The van der Waals surface area contributed by atoms with Crippen LogP contribution < -0.4 is 0 Å². The predicted molar refractivity (Wildman–Crippen MR) is 51.5 cm³/mol. The maximum absolute atomic E-state index is 10.4. The van der Waals surface area contributed by atoms with Crippen LogP contribution in [0.25, 0.3) is 0 Å². The third kappa shape index (κ3) is 10.8. The van der Waals surface area contributed by atoms with Gasteiger partial charge in [0.1, 0.15) is 6.79 Å². The summed E-state index contributed by atoms with van der Waals surface area (Å²) in [6.07, 6.45) is 0.604. The summed E-state index contributed by atoms with van der Waals surface area (Å²) in [5, 5.41) is 0. The van der Waals surface area contributed by atoms with Gasteiger partial charge in [0, 0.05) is 20.5 Å². The Morgan fingerprint density at radius 1 is 1.40 bits per heavy atom. The van der Waals surface area contributed by atoms with Crippen LogP contribution in [0.4, 0.5) is 0 Å². The number of hydrogen-bond donors (Lipinski definition) is 0. The number of nitrogens with zero attached hydrogens (tertiary/aromatic N) is 1. The van der Waals surface area contributed by atoms with E-state index in [9.17, 15) is 4.79 Å². The van der Waals surface area contributed by atoms with E-state index in [1.807, 2.05) is 13.7 Å². The lowest BCUT2D eigenvalue weighted by atomic mass is 10.4. The average Bonchev–Trinajstić information content (AvgIpc) is 1.91. The molecule has 0 unspecified atom stereocenters. The fourth-order valence-corrected chi connectivity index (χ4v) is 0.316. The molecule has 0 aromatic rings. The number of halogens is 1. The molecule has 1 amide bonds. The Hall–Kier alpha value is -0.130. The summed E-state index contributed by atoms with van der Waals surface area (Å²) in [5.41, 5.74) is 0. The molecule has 0 aromatic carbocycles. The molecule has 0 bridgehead atoms. The molecule has 62 valence electrons. The van der Waals surface area contributed by atoms with Crippen LogP contribution >= 0.6 is 24.0 Å². The highest BCUT2D eigenvalue weighted by Crippen LogP contribution is 1.81. The quantitative estimate of drug-likeness (QED) is 0.656. The van der Waals surface area contributed by atoms with Crippen LogP contribution in [0.5, 0.6) is 0 Å². The minimum atomic E-state index is 0. The summed E-state index contributed by atoms with van der Waals surface area (Å²) in [6.45, 7) is 3.85. The standard InChI is InChI=1S/C5H11NO.CH2O.HI/c1-4-5(7)6(2)3;1-2;/h4H2,1-3H3;1H2;1H. The van der Waals surface area contributed by atoms with Crippen molar-refractivity contribution in [1.82, 2.24) is 4.90 Å². The Morgan fingerprint density at radius 3 is 1.70 bits per heavy atom. The number of carbonyl (C=O) groups is 2. The zero-order valence-corrected chi connectivity index (χ0v) is 8.92. The summed E-state index contributed by atoms with van der Waals surface area (Å²) < 4.78 is 0. The maximum Gasteiger partial charge on any atom is 0.221 e. The molecule has 0 aromatic heterocycles. The molecule has 0 saturated carbocycles. The zero-order chi connectivity index (χ0) is 7.86. The van der Waals surface area contributed by atoms with Crippen molar-refractivity contribution in [3.63, 3.8) is 0 Å². The van der Waals surface area contributed by atoms with Crippen LogP contribution in [0.15, 0.2) is 0 Å². The van der Waals surface area contributed by atoms with Crippen molar-refractivity contribution in [2.24, 2.45) is 0 Å². The normalized spacial score (nSPS) is 6.30. The highest BCUT2D eigenvalue weighted by Gasteiger charge is 1.95. The maximum atomic E-state index is 10.4. The van der Waals surface area contributed by atoms with Crippen LogP contribution in [-0.2, 0) is 9.59 Å². The first-order valence-corrected chi connectivity index (χ1v) is 2.67. The van der Waals surface area contributed by atoms with E-state index in [4.69, 9.17) is 4.79 Å². The lowest BCUT2D eigenvalue weighted by molar-refractivity contribution is -0.128. The van der Waals surface area contributed by atoms with Gasteiger partial charge in [-0.05, 0) is 0 Å². The number of hydrogen-bond acceptors (Lipinski definition) is 2. The molecule has 0 aliphatic heterocycles. The van der Waals surface area contributed by atoms with Crippen molar-refractivity contribution in [3.05, 3.63) is 0 Å². The van der Waals surface area contributed by atoms with Crippen molar-refractivity contribution in [3.8, 4) is 0 Å². The van der Waals surface area contributed by atoms with Gasteiger partial charge >= 0.3 is 0 Å². The monoisotopic (exact) mass is 259 g/mol. The zero-order valence-electron chi connectivity index (χ0n) is 6.59. The Morgan fingerprint density at radius 2 is 1.70 bits per heavy atom. The Labute approximate surface area is 78.8 Å². The number of carbonyl (C=O) groups excluding carboxylic acids is 2. The van der Waals surface area contributed by atoms with Gasteiger partial charge in [0.15, 0.2) is 0 Å². The van der Waals surface area contributed by atoms with Crippen molar-refractivity contribution >= 4 is 36.7 Å². The smallest absolute Gasteiger partial charge is 0.221 e. The van der Waals surface area contributed by atoms with E-state index in [1.165, 1.54) is 0 Å². The van der Waals surface area contributed by atoms with E-state index < -0.39 is 0 Å². The van der Waals surface area contributed by atoms with Gasteiger partial charge in [-0.3, -0.25) is 4.79 Å². The summed E-state index contributed by atoms with van der Waals surface area (Å²) >= 11 is 0. The van der Waals surface area contributed by atoms with Crippen molar-refractivity contribution in [2.75, 3.05) is 14.1 Å². The molecule has 0 saturated heterocycles. The predicted octanol–water partition coefficient (Wildman–Crippen LogP) is 0.918. The van der Waals surface area contributed by atoms with Gasteiger partial charge < -0.3 is 9.69 Å². The molecule has 0 rings (SSSR count). The van der Waals surface area contributed by atoms with Gasteiger partial charge in [0.05, 0.1) is 0 Å². The van der Waals surface area contributed by atoms with Gasteiger partial charge in [-0.1, -0.05) is 6.92 Å². The highest BCUT2D eigenvalue weighted by atomic mass is 127. The van der Waals surface area contributed by atoms with Crippen LogP contribution in [0.3, 0.4) is 0 Å². The van der Waals surface area contributed by atoms with Crippen molar-refractivity contribution in [2.45, 2.75) is 13.3 Å². The van der Waals surface area contributed by atoms with E-state index >= 15 is 0 Å². The summed E-state index contributed by atoms with van der Waals surface area (Å²) in [7, 11) is 3.51. The van der Waals surface area contributed by atoms with Gasteiger partial charge in [-0.15, -0.1) is 24.0 Å². The van der Waals surface area contributed by atoms with Crippen LogP contribution in [0.1, 0.15) is 13.3 Å². The lowest BCUT2D eigenvalue weighted by Gasteiger charge is -2.05. The largest absolute Gasteiger partial charge is 0.349 e. The molecule has 0 aliphatic carbocycles. The summed E-state index contributed by atoms with van der Waals surface area (Å²) in [6, 6.07) is 0. The second-order valence-electron chi connectivity index (χ2n) is 1.64. The number of amides is 1. The van der Waals surface area contributed by atoms with E-state index in [0.717, 1.165) is 0 Å². The minimum Gasteiger partial charge on any atom is -0.349 e. The SMILES string of the molecule is C=O.CCC(=O)N(C)C.I. The van der Waals surface area contributed by atoms with Crippen LogP contribution in [0.2, 0.25) is 0 Å². The fraction of sp³-hybridized carbons (Fsp3) is 0.667. The first-order valence-electron chi connectivity index (χ1n) is 2.67. The molecular formula is C6H14INO2. The molecule has 10 heavy (non-hydrogen) atoms. The molecule has 0 atom stereocenters. The van der Waals surface area contributed by atoms with Gasteiger partial charge in [0.25, 0.3) is 0 Å². The van der Waals surface area contributed by atoms with E-state index in [-0.39, 0.29) is 29.9 Å². The second-order valence-corrected chi connectivity index (χ2v) is 1.64. The van der Waals surface area contributed by atoms with Crippen LogP contribution in [0, 0.1) is 0 Å². The van der Waals surface area contributed by atoms with Crippen molar-refractivity contribution < 1.29 is 9.59 Å². The summed E-state index contributed by atoms with van der Waals surface area (Å²) in [4.78, 5) is 20.0. The summed E-state index contributed by atoms with van der Waals surface area (Å²) in [5.74, 6) is 0.181. The molecule has 0 aliphatic rings. The third-order valence-corrected chi connectivity index (χ3v) is 0.801. The van der Waals surface area contributed by atoms with E-state index in [2.05, 4.69) is 0 Å².